The van der Waals surface area contributed by atoms with Crippen LogP contribution in [0.25, 0.3) is 10.9 Å². The van der Waals surface area contributed by atoms with Gasteiger partial charge in [0, 0.05) is 11.1 Å². The second-order valence-electron chi connectivity index (χ2n) is 5.96. The summed E-state index contributed by atoms with van der Waals surface area (Å²) in [6, 6.07) is 18.0. The maximum atomic E-state index is 6.13. The summed E-state index contributed by atoms with van der Waals surface area (Å²) in [5.41, 5.74) is 3.06. The van der Waals surface area contributed by atoms with E-state index in [9.17, 15) is 0 Å². The Morgan fingerprint density at radius 3 is 2.83 bits per heavy atom. The van der Waals surface area contributed by atoms with Crippen molar-refractivity contribution in [2.45, 2.75) is 19.6 Å². The molecule has 0 amide bonds. The topological polar surface area (TPSA) is 40.6 Å². The van der Waals surface area contributed by atoms with Crippen LogP contribution >= 0.6 is 0 Å². The highest BCUT2D eigenvalue weighted by Crippen LogP contribution is 2.38. The summed E-state index contributed by atoms with van der Waals surface area (Å²) < 4.78 is 17.8. The number of benzene rings is 2. The molecule has 122 valence electrons. The van der Waals surface area contributed by atoms with Crippen LogP contribution in [0, 0.1) is 6.92 Å². The number of nitrogens with zero attached hydrogens (tertiary/aromatic N) is 1. The number of ether oxygens (including phenoxy) is 3. The molecular formula is C20H19NO3. The van der Waals surface area contributed by atoms with Crippen LogP contribution in [0.4, 0.5) is 0 Å². The summed E-state index contributed by atoms with van der Waals surface area (Å²) in [4.78, 5) is 4.54. The molecule has 2 heterocycles. The lowest BCUT2D eigenvalue weighted by Crippen LogP contribution is -2.33. The van der Waals surface area contributed by atoms with Crippen molar-refractivity contribution in [3.05, 3.63) is 65.9 Å². The fourth-order valence-electron chi connectivity index (χ4n) is 2.84. The molecule has 3 aromatic rings. The third-order valence-corrected chi connectivity index (χ3v) is 4.05. The smallest absolute Gasteiger partial charge is 0.171 e. The quantitative estimate of drug-likeness (QED) is 0.731. The van der Waals surface area contributed by atoms with E-state index < -0.39 is 0 Å². The molecule has 0 unspecified atom stereocenters. The van der Waals surface area contributed by atoms with E-state index in [4.69, 9.17) is 14.2 Å². The zero-order chi connectivity index (χ0) is 16.4. The summed E-state index contributed by atoms with van der Waals surface area (Å²) >= 11 is 0. The number of pyridine rings is 1. The fraction of sp³-hybridized carbons (Fsp3) is 0.250. The molecule has 4 nitrogen and oxygen atoms in total. The van der Waals surface area contributed by atoms with Gasteiger partial charge in [-0.3, -0.25) is 4.98 Å². The van der Waals surface area contributed by atoms with Gasteiger partial charge in [-0.25, -0.2) is 0 Å². The van der Waals surface area contributed by atoms with E-state index in [1.807, 2.05) is 49.4 Å². The predicted molar refractivity (Wildman–Crippen MR) is 92.5 cm³/mol. The molecule has 1 atom stereocenters. The van der Waals surface area contributed by atoms with E-state index >= 15 is 0 Å². The van der Waals surface area contributed by atoms with Crippen molar-refractivity contribution < 1.29 is 14.2 Å². The zero-order valence-corrected chi connectivity index (χ0v) is 13.6. The largest absolute Gasteiger partial charge is 0.486 e. The molecule has 0 bridgehead atoms. The Kier molecular flexibility index (Phi) is 4.05. The molecule has 0 radical (unpaired) electrons. The molecule has 0 aliphatic carbocycles. The second-order valence-corrected chi connectivity index (χ2v) is 5.96. The molecule has 4 heteroatoms. The van der Waals surface area contributed by atoms with Gasteiger partial charge in [-0.05, 0) is 36.8 Å². The summed E-state index contributed by atoms with van der Waals surface area (Å²) in [5.74, 6) is 1.53. The van der Waals surface area contributed by atoms with Gasteiger partial charge in [0.05, 0.1) is 18.7 Å². The monoisotopic (exact) mass is 321 g/mol. The van der Waals surface area contributed by atoms with Crippen molar-refractivity contribution >= 4 is 10.9 Å². The Balaban J connectivity index is 1.46. The minimum Gasteiger partial charge on any atom is -0.486 e. The third kappa shape index (κ3) is 3.05. The van der Waals surface area contributed by atoms with Gasteiger partial charge in [0.25, 0.3) is 0 Å². The van der Waals surface area contributed by atoms with E-state index in [1.165, 1.54) is 0 Å². The molecule has 4 rings (SSSR count). The summed E-state index contributed by atoms with van der Waals surface area (Å²) in [7, 11) is 0. The van der Waals surface area contributed by atoms with Gasteiger partial charge in [0.15, 0.2) is 17.6 Å². The van der Waals surface area contributed by atoms with Crippen LogP contribution in [0.1, 0.15) is 11.3 Å². The first-order valence-electron chi connectivity index (χ1n) is 8.11. The molecule has 2 aromatic carbocycles. The van der Waals surface area contributed by atoms with Gasteiger partial charge in [-0.1, -0.05) is 30.3 Å². The Bertz CT molecular complexity index is 848. The molecule has 0 saturated heterocycles. The maximum absolute atomic E-state index is 6.13. The van der Waals surface area contributed by atoms with Crippen molar-refractivity contribution in [3.8, 4) is 11.5 Å². The summed E-state index contributed by atoms with van der Waals surface area (Å²) in [6.07, 6.45) is -0.117. The van der Waals surface area contributed by atoms with Gasteiger partial charge in [0.1, 0.15) is 6.61 Å². The first kappa shape index (κ1) is 15.0. The van der Waals surface area contributed by atoms with Crippen LogP contribution in [0.15, 0.2) is 54.6 Å². The standard InChI is InChI=1S/C20H19NO3/c1-14-7-8-17-18(21-14)9-10-19-20(17)24-16(13-23-19)12-22-11-15-5-3-2-4-6-15/h2-10,16H,11-13H2,1H3/t16-/m0/s1. The average Bonchev–Trinajstić information content (AvgIpc) is 2.62. The zero-order valence-electron chi connectivity index (χ0n) is 13.6. The fourth-order valence-corrected chi connectivity index (χ4v) is 2.84. The summed E-state index contributed by atoms with van der Waals surface area (Å²) in [6.45, 7) is 3.54. The average molecular weight is 321 g/mol. The van der Waals surface area contributed by atoms with Crippen LogP contribution in [-0.4, -0.2) is 24.3 Å². The first-order chi connectivity index (χ1) is 11.8. The van der Waals surface area contributed by atoms with Gasteiger partial charge in [-0.2, -0.15) is 0 Å². The third-order valence-electron chi connectivity index (χ3n) is 4.05. The number of rotatable bonds is 4. The maximum Gasteiger partial charge on any atom is 0.171 e. The van der Waals surface area contributed by atoms with Gasteiger partial charge < -0.3 is 14.2 Å². The second kappa shape index (κ2) is 6.49. The van der Waals surface area contributed by atoms with Crippen LogP contribution in [0.5, 0.6) is 11.5 Å². The van der Waals surface area contributed by atoms with E-state index in [0.717, 1.165) is 33.7 Å². The minimum atomic E-state index is -0.117. The minimum absolute atomic E-state index is 0.117. The number of hydrogen-bond donors (Lipinski definition) is 0. The highest BCUT2D eigenvalue weighted by Gasteiger charge is 2.23. The highest BCUT2D eigenvalue weighted by atomic mass is 16.6. The van der Waals surface area contributed by atoms with Crippen molar-refractivity contribution in [1.82, 2.24) is 4.98 Å². The lowest BCUT2D eigenvalue weighted by molar-refractivity contribution is 0.00373. The molecule has 1 aliphatic heterocycles. The van der Waals surface area contributed by atoms with Crippen LogP contribution < -0.4 is 9.47 Å². The first-order valence-corrected chi connectivity index (χ1v) is 8.11. The molecule has 0 N–H and O–H groups in total. The van der Waals surface area contributed by atoms with Crippen molar-refractivity contribution in [2.24, 2.45) is 0 Å². The van der Waals surface area contributed by atoms with E-state index in [-0.39, 0.29) is 6.10 Å². The van der Waals surface area contributed by atoms with Crippen molar-refractivity contribution in [2.75, 3.05) is 13.2 Å². The molecule has 1 aromatic heterocycles. The Labute approximate surface area is 141 Å². The Hall–Kier alpha value is -2.59. The van der Waals surface area contributed by atoms with E-state index in [0.29, 0.717) is 19.8 Å². The van der Waals surface area contributed by atoms with E-state index in [2.05, 4.69) is 17.1 Å². The SMILES string of the molecule is Cc1ccc2c3c(ccc2n1)OC[C@H](COCc1ccccc1)O3. The van der Waals surface area contributed by atoms with Crippen molar-refractivity contribution in [1.29, 1.82) is 0 Å². The van der Waals surface area contributed by atoms with Gasteiger partial charge in [-0.15, -0.1) is 0 Å². The number of fused-ring (bicyclic) bond motifs is 3. The Morgan fingerprint density at radius 1 is 1.08 bits per heavy atom. The Morgan fingerprint density at radius 2 is 1.96 bits per heavy atom. The normalized spacial score (nSPS) is 16.3. The van der Waals surface area contributed by atoms with Gasteiger partial charge >= 0.3 is 0 Å². The van der Waals surface area contributed by atoms with Crippen LogP contribution in [0.2, 0.25) is 0 Å². The molecule has 0 spiro atoms. The molecule has 0 fully saturated rings. The van der Waals surface area contributed by atoms with Crippen molar-refractivity contribution in [3.63, 3.8) is 0 Å². The van der Waals surface area contributed by atoms with Crippen LogP contribution in [-0.2, 0) is 11.3 Å². The predicted octanol–water partition coefficient (Wildman–Crippen LogP) is 3.90. The molecular weight excluding hydrogens is 302 g/mol. The molecule has 1 aliphatic rings. The number of aryl methyl sites for hydroxylation is 1. The van der Waals surface area contributed by atoms with Crippen LogP contribution in [0.3, 0.4) is 0 Å². The number of aromatic nitrogens is 1. The molecule has 24 heavy (non-hydrogen) atoms. The number of hydrogen-bond acceptors (Lipinski definition) is 4. The lowest BCUT2D eigenvalue weighted by atomic mass is 10.1. The summed E-state index contributed by atoms with van der Waals surface area (Å²) in [5, 5.41) is 0.978. The molecule has 0 saturated carbocycles. The van der Waals surface area contributed by atoms with Gasteiger partial charge in [0.2, 0.25) is 0 Å². The lowest BCUT2D eigenvalue weighted by Gasteiger charge is -2.27. The van der Waals surface area contributed by atoms with E-state index in [1.54, 1.807) is 0 Å². The highest BCUT2D eigenvalue weighted by molar-refractivity contribution is 5.88.